The zero-order valence-corrected chi connectivity index (χ0v) is 20.2. The highest BCUT2D eigenvalue weighted by atomic mass is 19.4. The monoisotopic (exact) mass is 557 g/mol. The van der Waals surface area contributed by atoms with Gasteiger partial charge in [0.2, 0.25) is 11.5 Å². The molecular formula is C26H19F4N5O5. The Kier molecular flexibility index (Phi) is 5.36. The number of pyridine rings is 1. The van der Waals surface area contributed by atoms with Crippen molar-refractivity contribution in [1.82, 2.24) is 20.5 Å². The van der Waals surface area contributed by atoms with E-state index in [1.54, 1.807) is 0 Å². The summed E-state index contributed by atoms with van der Waals surface area (Å²) in [6, 6.07) is 7.89. The van der Waals surface area contributed by atoms with Crippen molar-refractivity contribution in [3.8, 4) is 22.8 Å². The van der Waals surface area contributed by atoms with Gasteiger partial charge in [0, 0.05) is 28.5 Å². The van der Waals surface area contributed by atoms with E-state index in [-0.39, 0.29) is 45.8 Å². The number of nitrogens with one attached hydrogen (secondary N) is 2. The predicted octanol–water partition coefficient (Wildman–Crippen LogP) is 2.54. The highest BCUT2D eigenvalue weighted by Gasteiger charge is 2.69. The fourth-order valence-electron chi connectivity index (χ4n) is 5.01. The van der Waals surface area contributed by atoms with E-state index in [1.165, 1.54) is 24.4 Å². The zero-order valence-electron chi connectivity index (χ0n) is 20.2. The number of nitrogens with two attached hydrogens (primary N) is 1. The summed E-state index contributed by atoms with van der Waals surface area (Å²) >= 11 is 0. The van der Waals surface area contributed by atoms with Gasteiger partial charge >= 0.3 is 6.18 Å². The molecule has 2 aromatic heterocycles. The molecule has 0 saturated heterocycles. The zero-order chi connectivity index (χ0) is 28.6. The van der Waals surface area contributed by atoms with E-state index in [1.807, 2.05) is 0 Å². The van der Waals surface area contributed by atoms with E-state index in [2.05, 4.69) is 20.5 Å². The minimum absolute atomic E-state index is 0.00265. The number of phenolic OH excluding ortho intramolecular Hbond substituents is 1. The van der Waals surface area contributed by atoms with Gasteiger partial charge in [0.25, 0.3) is 5.91 Å². The van der Waals surface area contributed by atoms with Crippen LogP contribution in [0.3, 0.4) is 0 Å². The summed E-state index contributed by atoms with van der Waals surface area (Å²) in [5, 5.41) is 29.8. The number of ether oxygens (including phenoxy) is 1. The summed E-state index contributed by atoms with van der Waals surface area (Å²) < 4.78 is 62.9. The number of nitrogens with zero attached hydrogens (tertiary/aromatic N) is 2. The standard InChI is InChI=1S/C26H19F4N5O5/c27-14-3-1-11(2-4-14)20-21-15(24(23(31)38)8-18(24)40-21)7-17(34-20)25(39,26(28,29)30)10-32-22(37)12-5-13-9-33-35-19(13)16(36)6-12/h1-7,9,18,36,39H,8,10H2,(H2,31,38)(H,32,37)(H,33,35)/t18?,24-,25?/m1/s1. The third-order valence-corrected chi connectivity index (χ3v) is 7.36. The van der Waals surface area contributed by atoms with Gasteiger partial charge in [-0.1, -0.05) is 0 Å². The molecule has 0 radical (unpaired) electrons. The Morgan fingerprint density at radius 1 is 1.20 bits per heavy atom. The normalized spacial score (nSPS) is 20.8. The highest BCUT2D eigenvalue weighted by molar-refractivity contribution is 5.99. The lowest BCUT2D eigenvalue weighted by Gasteiger charge is -2.31. The second kappa shape index (κ2) is 8.39. The van der Waals surface area contributed by atoms with Crippen LogP contribution in [0.2, 0.25) is 0 Å². The summed E-state index contributed by atoms with van der Waals surface area (Å²) in [6.07, 6.45) is -4.64. The number of halogens is 4. The molecule has 3 atom stereocenters. The molecule has 10 nitrogen and oxygen atoms in total. The van der Waals surface area contributed by atoms with E-state index >= 15 is 0 Å². The molecule has 6 N–H and O–H groups in total. The van der Waals surface area contributed by atoms with Crippen LogP contribution in [0.1, 0.15) is 28.0 Å². The van der Waals surface area contributed by atoms with Crippen LogP contribution in [0.15, 0.2) is 48.7 Å². The second-order valence-corrected chi connectivity index (χ2v) is 9.76. The summed E-state index contributed by atoms with van der Waals surface area (Å²) in [4.78, 5) is 29.2. The van der Waals surface area contributed by atoms with E-state index < -0.39 is 53.2 Å². The minimum atomic E-state index is -5.36. The molecule has 206 valence electrons. The fraction of sp³-hybridized carbons (Fsp3) is 0.231. The van der Waals surface area contributed by atoms with Gasteiger partial charge in [-0.25, -0.2) is 9.37 Å². The first-order valence-electron chi connectivity index (χ1n) is 11.9. The third-order valence-electron chi connectivity index (χ3n) is 7.36. The van der Waals surface area contributed by atoms with Crippen molar-refractivity contribution in [3.05, 3.63) is 71.3 Å². The van der Waals surface area contributed by atoms with Gasteiger partial charge in [0.05, 0.1) is 18.4 Å². The number of aromatic amines is 1. The molecule has 2 amide bonds. The van der Waals surface area contributed by atoms with Crippen molar-refractivity contribution >= 4 is 22.7 Å². The average Bonchev–Trinajstić information content (AvgIpc) is 3.26. The summed E-state index contributed by atoms with van der Waals surface area (Å²) in [6.45, 7) is -1.37. The first-order valence-corrected chi connectivity index (χ1v) is 11.9. The van der Waals surface area contributed by atoms with Crippen LogP contribution in [0, 0.1) is 5.82 Å². The number of H-pyrrole nitrogens is 1. The highest BCUT2D eigenvalue weighted by Crippen LogP contribution is 2.61. The molecule has 1 fully saturated rings. The van der Waals surface area contributed by atoms with Gasteiger partial charge in [0.1, 0.15) is 34.3 Å². The van der Waals surface area contributed by atoms with Crippen LogP contribution in [0.4, 0.5) is 17.6 Å². The van der Waals surface area contributed by atoms with Gasteiger partial charge < -0.3 is 26.0 Å². The molecule has 2 aromatic carbocycles. The molecule has 1 saturated carbocycles. The maximum absolute atomic E-state index is 14.5. The van der Waals surface area contributed by atoms with Crippen molar-refractivity contribution in [2.45, 2.75) is 29.7 Å². The molecule has 4 aromatic rings. The number of hydrogen-bond donors (Lipinski definition) is 5. The molecule has 0 spiro atoms. The second-order valence-electron chi connectivity index (χ2n) is 9.76. The van der Waals surface area contributed by atoms with Crippen LogP contribution >= 0.6 is 0 Å². The summed E-state index contributed by atoms with van der Waals surface area (Å²) in [7, 11) is 0. The quantitative estimate of drug-likeness (QED) is 0.228. The van der Waals surface area contributed by atoms with E-state index in [4.69, 9.17) is 10.5 Å². The van der Waals surface area contributed by atoms with E-state index in [9.17, 15) is 37.4 Å². The Bertz CT molecular complexity index is 1710. The number of primary amides is 1. The predicted molar refractivity (Wildman–Crippen MR) is 130 cm³/mol. The van der Waals surface area contributed by atoms with E-state index in [0.29, 0.717) is 5.39 Å². The number of aromatic hydroxyl groups is 1. The third kappa shape index (κ3) is 3.66. The lowest BCUT2D eigenvalue weighted by Crippen LogP contribution is -2.51. The van der Waals surface area contributed by atoms with Crippen LogP contribution < -0.4 is 15.8 Å². The number of aromatic nitrogens is 3. The average molecular weight is 557 g/mol. The van der Waals surface area contributed by atoms with Gasteiger partial charge in [-0.2, -0.15) is 18.3 Å². The van der Waals surface area contributed by atoms with Crippen molar-refractivity contribution in [2.24, 2.45) is 5.73 Å². The Labute approximate surface area is 221 Å². The van der Waals surface area contributed by atoms with Gasteiger partial charge in [-0.3, -0.25) is 14.7 Å². The number of aliphatic hydroxyl groups is 1. The smallest absolute Gasteiger partial charge is 0.424 e. The first kappa shape index (κ1) is 25.6. The molecule has 3 heterocycles. The van der Waals surface area contributed by atoms with Gasteiger partial charge in [-0.05, 0) is 42.5 Å². The van der Waals surface area contributed by atoms with Crippen molar-refractivity contribution < 1.29 is 42.1 Å². The molecule has 1 aliphatic carbocycles. The number of rotatable bonds is 6. The van der Waals surface area contributed by atoms with E-state index in [0.717, 1.165) is 24.3 Å². The van der Waals surface area contributed by atoms with Crippen LogP contribution in [-0.2, 0) is 15.8 Å². The number of carbonyl (C=O) groups excluding carboxylic acids is 2. The first-order chi connectivity index (χ1) is 18.8. The number of amides is 2. The molecule has 14 heteroatoms. The maximum Gasteiger partial charge on any atom is 0.424 e. The number of fused-ring (bicyclic) bond motifs is 4. The molecule has 0 bridgehead atoms. The molecule has 1 aliphatic heterocycles. The summed E-state index contributed by atoms with van der Waals surface area (Å²) in [5.74, 6) is -2.81. The Morgan fingerprint density at radius 2 is 1.93 bits per heavy atom. The topological polar surface area (TPSA) is 163 Å². The van der Waals surface area contributed by atoms with Gasteiger partial charge in [0.15, 0.2) is 5.75 Å². The lowest BCUT2D eigenvalue weighted by molar-refractivity contribution is -0.265. The Balaban J connectivity index is 1.43. The fourth-order valence-corrected chi connectivity index (χ4v) is 5.01. The molecule has 6 rings (SSSR count). The van der Waals surface area contributed by atoms with Crippen LogP contribution in [0.5, 0.6) is 11.5 Å². The largest absolute Gasteiger partial charge is 0.506 e. The number of carbonyl (C=O) groups is 2. The molecule has 2 unspecified atom stereocenters. The number of alkyl halides is 3. The summed E-state index contributed by atoms with van der Waals surface area (Å²) in [5.41, 5.74) is -0.428. The number of benzene rings is 2. The maximum atomic E-state index is 14.5. The molecular weight excluding hydrogens is 538 g/mol. The Morgan fingerprint density at radius 3 is 2.60 bits per heavy atom. The lowest BCUT2D eigenvalue weighted by atomic mass is 9.89. The molecule has 2 aliphatic rings. The minimum Gasteiger partial charge on any atom is -0.506 e. The van der Waals surface area contributed by atoms with Crippen molar-refractivity contribution in [1.29, 1.82) is 0 Å². The molecule has 40 heavy (non-hydrogen) atoms. The SMILES string of the molecule is NC(=O)[C@@]12CC1Oc1c2cc(C(O)(CNC(=O)c2cc(O)c3[nH]ncc3c2)C(F)(F)F)nc1-c1ccc(F)cc1. The van der Waals surface area contributed by atoms with Crippen molar-refractivity contribution in [3.63, 3.8) is 0 Å². The van der Waals surface area contributed by atoms with Crippen molar-refractivity contribution in [2.75, 3.05) is 6.54 Å². The Hall–Kier alpha value is -4.72. The van der Waals surface area contributed by atoms with Crippen LogP contribution in [-0.4, -0.2) is 56.0 Å². The number of phenols is 1. The van der Waals surface area contributed by atoms with Gasteiger partial charge in [-0.15, -0.1) is 0 Å². The van der Waals surface area contributed by atoms with Crippen LogP contribution in [0.25, 0.3) is 22.2 Å². The number of hydrogen-bond acceptors (Lipinski definition) is 7.